The average Bonchev–Trinajstić information content (AvgIpc) is 3.59. The molecule has 0 aliphatic rings. The van der Waals surface area contributed by atoms with Gasteiger partial charge in [-0.3, -0.25) is 10.1 Å². The number of benzene rings is 5. The zero-order chi connectivity index (χ0) is 32.4. The van der Waals surface area contributed by atoms with E-state index < -0.39 is 12.3 Å². The Labute approximate surface area is 277 Å². The minimum atomic E-state index is -3.02. The van der Waals surface area contributed by atoms with Gasteiger partial charge in [0.2, 0.25) is 7.36 Å². The number of nitro groups is 1. The summed E-state index contributed by atoms with van der Waals surface area (Å²) >= 11 is 3.24. The standard InChI is InChI=1S/C34H27N8O2PS2/c1-40-29-12-6-8-14-31(29)46-33(40)38-45(28-10-4-3-5-11-28,39-34-41(2)30-13-7-9-15-32(30)47-34)37-26-18-16-24(17-19-26)35-36-25-20-22-27(23-21-25)42(43)44/h3-23H,1-2H3. The number of rotatable bonds is 7. The zero-order valence-electron chi connectivity index (χ0n) is 25.3. The summed E-state index contributed by atoms with van der Waals surface area (Å²) in [5.74, 6) is 0. The number of nitro benzene ring substituents is 1. The first-order chi connectivity index (χ1) is 22.9. The van der Waals surface area contributed by atoms with E-state index in [1.807, 2.05) is 80.8 Å². The Kier molecular flexibility index (Phi) is 8.30. The van der Waals surface area contributed by atoms with Crippen molar-refractivity contribution < 1.29 is 4.92 Å². The van der Waals surface area contributed by atoms with Crippen molar-refractivity contribution in [3.63, 3.8) is 0 Å². The van der Waals surface area contributed by atoms with Gasteiger partial charge in [-0.05, 0) is 72.8 Å². The maximum Gasteiger partial charge on any atom is 0.269 e. The van der Waals surface area contributed by atoms with Crippen molar-refractivity contribution >= 4 is 78.5 Å². The number of hydrogen-bond acceptors (Lipinski definition) is 7. The predicted octanol–water partition coefficient (Wildman–Crippen LogP) is 9.31. The third kappa shape index (κ3) is 6.26. The number of non-ortho nitro benzene ring substituents is 1. The molecule has 0 spiro atoms. The number of para-hydroxylation sites is 2. The quantitative estimate of drug-likeness (QED) is 0.0726. The van der Waals surface area contributed by atoms with E-state index in [2.05, 4.69) is 55.8 Å². The Hall–Kier alpha value is -5.29. The van der Waals surface area contributed by atoms with Crippen LogP contribution in [0.5, 0.6) is 0 Å². The fraction of sp³-hybridized carbons (Fsp3) is 0.0588. The summed E-state index contributed by atoms with van der Waals surface area (Å²) in [4.78, 5) is 12.2. The number of hydrogen-bond donors (Lipinski definition) is 0. The third-order valence-electron chi connectivity index (χ3n) is 7.43. The minimum absolute atomic E-state index is 0.00413. The summed E-state index contributed by atoms with van der Waals surface area (Å²) in [6.07, 6.45) is 0. The molecule has 0 radical (unpaired) electrons. The van der Waals surface area contributed by atoms with Gasteiger partial charge in [-0.25, -0.2) is 4.74 Å². The van der Waals surface area contributed by atoms with Gasteiger partial charge in [0.05, 0.1) is 42.4 Å². The molecule has 0 aliphatic heterocycles. The number of thiazole rings is 2. The topological polar surface area (TPSA) is 115 Å². The molecule has 0 fully saturated rings. The van der Waals surface area contributed by atoms with Crippen molar-refractivity contribution in [2.24, 2.45) is 38.6 Å². The van der Waals surface area contributed by atoms with Crippen LogP contribution in [-0.2, 0) is 14.1 Å². The van der Waals surface area contributed by atoms with E-state index in [9.17, 15) is 10.1 Å². The van der Waals surface area contributed by atoms with Gasteiger partial charge >= 0.3 is 0 Å². The van der Waals surface area contributed by atoms with E-state index >= 15 is 0 Å². The van der Waals surface area contributed by atoms with Crippen LogP contribution in [0.15, 0.2) is 152 Å². The summed E-state index contributed by atoms with van der Waals surface area (Å²) in [7, 11) is 1.03. The highest BCUT2D eigenvalue weighted by Gasteiger charge is 2.23. The monoisotopic (exact) mass is 674 g/mol. The van der Waals surface area contributed by atoms with Crippen LogP contribution in [0.25, 0.3) is 20.4 Å². The van der Waals surface area contributed by atoms with Crippen LogP contribution < -0.4 is 14.9 Å². The fourth-order valence-electron chi connectivity index (χ4n) is 4.97. The molecule has 0 amide bonds. The lowest BCUT2D eigenvalue weighted by molar-refractivity contribution is -0.384. The van der Waals surface area contributed by atoms with Gasteiger partial charge in [0.15, 0.2) is 9.60 Å². The average molecular weight is 675 g/mol. The molecule has 0 saturated heterocycles. The second-order valence-electron chi connectivity index (χ2n) is 10.5. The van der Waals surface area contributed by atoms with Crippen molar-refractivity contribution in [3.8, 4) is 0 Å². The van der Waals surface area contributed by atoms with E-state index in [-0.39, 0.29) is 5.69 Å². The second-order valence-corrected chi connectivity index (χ2v) is 14.8. The summed E-state index contributed by atoms with van der Waals surface area (Å²) in [5, 5.41) is 20.5. The predicted molar refractivity (Wildman–Crippen MR) is 192 cm³/mol. The molecule has 0 bridgehead atoms. The van der Waals surface area contributed by atoms with Gasteiger partial charge < -0.3 is 9.13 Å². The SMILES string of the molecule is Cn1c(=NP(N=c2sc3ccccc3n2C)(=Nc2ccc(N=Nc3ccc([N+](=O)[O-])cc3)cc2)c2ccccc2)sc2ccccc21. The Morgan fingerprint density at radius 3 is 1.53 bits per heavy atom. The maximum atomic E-state index is 11.0. The number of azo groups is 1. The Morgan fingerprint density at radius 2 is 1.04 bits per heavy atom. The molecule has 2 heterocycles. The molecule has 232 valence electrons. The van der Waals surface area contributed by atoms with Gasteiger partial charge in [0.1, 0.15) is 0 Å². The molecule has 0 N–H and O–H groups in total. The molecule has 0 aliphatic carbocycles. The van der Waals surface area contributed by atoms with Crippen molar-refractivity contribution in [1.82, 2.24) is 9.13 Å². The van der Waals surface area contributed by atoms with Crippen LogP contribution in [0.4, 0.5) is 22.7 Å². The fourth-order valence-corrected chi connectivity index (χ4v) is 10.0. The zero-order valence-corrected chi connectivity index (χ0v) is 27.8. The molecule has 0 unspecified atom stereocenters. The highest BCUT2D eigenvalue weighted by atomic mass is 32.1. The third-order valence-corrected chi connectivity index (χ3v) is 12.4. The summed E-state index contributed by atoms with van der Waals surface area (Å²) in [6, 6.07) is 40.0. The van der Waals surface area contributed by atoms with Crippen molar-refractivity contribution in [3.05, 3.63) is 147 Å². The summed E-state index contributed by atoms with van der Waals surface area (Å²) < 4.78 is 22.8. The first-order valence-electron chi connectivity index (χ1n) is 14.5. The van der Waals surface area contributed by atoms with Crippen molar-refractivity contribution in [2.45, 2.75) is 0 Å². The lowest BCUT2D eigenvalue weighted by Crippen LogP contribution is -2.15. The molecule has 5 aromatic carbocycles. The molecular weight excluding hydrogens is 648 g/mol. The lowest BCUT2D eigenvalue weighted by atomic mass is 10.3. The molecular formula is C34H27N8O2PS2. The van der Waals surface area contributed by atoms with Gasteiger partial charge in [-0.2, -0.15) is 19.8 Å². The molecule has 13 heteroatoms. The highest BCUT2D eigenvalue weighted by molar-refractivity contribution is 7.71. The molecule has 0 atom stereocenters. The van der Waals surface area contributed by atoms with Gasteiger partial charge in [0.25, 0.3) is 5.69 Å². The second kappa shape index (κ2) is 12.8. The molecule has 0 saturated carbocycles. The van der Waals surface area contributed by atoms with Crippen LogP contribution in [-0.4, -0.2) is 14.1 Å². The van der Waals surface area contributed by atoms with E-state index in [0.717, 1.165) is 35.3 Å². The van der Waals surface area contributed by atoms with E-state index in [0.29, 0.717) is 17.1 Å². The summed E-state index contributed by atoms with van der Waals surface area (Å²) in [6.45, 7) is 0. The molecule has 7 aromatic rings. The van der Waals surface area contributed by atoms with Gasteiger partial charge in [-0.15, -0.1) is 0 Å². The largest absolute Gasteiger partial charge is 0.320 e. The number of fused-ring (bicyclic) bond motifs is 2. The molecule has 7 rings (SSSR count). The van der Waals surface area contributed by atoms with E-state index in [4.69, 9.17) is 14.3 Å². The lowest BCUT2D eigenvalue weighted by Gasteiger charge is -2.16. The number of aryl methyl sites for hydroxylation is 2. The van der Waals surface area contributed by atoms with E-state index in [1.165, 1.54) is 12.1 Å². The first kappa shape index (κ1) is 30.4. The first-order valence-corrected chi connectivity index (χ1v) is 17.8. The van der Waals surface area contributed by atoms with Crippen LogP contribution in [0.3, 0.4) is 0 Å². The van der Waals surface area contributed by atoms with Crippen LogP contribution >= 0.6 is 30.0 Å². The maximum absolute atomic E-state index is 11.0. The number of nitrogens with zero attached hydrogens (tertiary/aromatic N) is 8. The molecule has 10 nitrogen and oxygen atoms in total. The minimum Gasteiger partial charge on any atom is -0.320 e. The van der Waals surface area contributed by atoms with Crippen molar-refractivity contribution in [2.75, 3.05) is 0 Å². The molecule has 47 heavy (non-hydrogen) atoms. The van der Waals surface area contributed by atoms with Crippen molar-refractivity contribution in [1.29, 1.82) is 0 Å². The Balaban J connectivity index is 1.42. The summed E-state index contributed by atoms with van der Waals surface area (Å²) in [5.41, 5.74) is 4.03. The molecule has 2 aromatic heterocycles. The van der Waals surface area contributed by atoms with Gasteiger partial charge in [-0.1, -0.05) is 65.1 Å². The van der Waals surface area contributed by atoms with E-state index in [1.54, 1.807) is 34.8 Å². The van der Waals surface area contributed by atoms with Crippen LogP contribution in [0.1, 0.15) is 0 Å². The normalized spacial score (nSPS) is 13.8. The van der Waals surface area contributed by atoms with Crippen LogP contribution in [0, 0.1) is 10.1 Å². The van der Waals surface area contributed by atoms with Gasteiger partial charge in [0, 0.05) is 31.5 Å². The van der Waals surface area contributed by atoms with Crippen LogP contribution in [0.2, 0.25) is 0 Å². The Morgan fingerprint density at radius 1 is 0.596 bits per heavy atom. The smallest absolute Gasteiger partial charge is 0.269 e. The highest BCUT2D eigenvalue weighted by Crippen LogP contribution is 2.53. The number of aromatic nitrogens is 2. The Bertz CT molecular complexity index is 2380.